The van der Waals surface area contributed by atoms with Gasteiger partial charge in [0.15, 0.2) is 15.0 Å². The molecule has 0 spiro atoms. The molecular weight excluding hydrogens is 484 g/mol. The van der Waals surface area contributed by atoms with Crippen molar-refractivity contribution in [3.8, 4) is 11.5 Å². The number of para-hydroxylation sites is 1. The highest BCUT2D eigenvalue weighted by atomic mass is 32.2. The molecule has 4 aromatic rings. The van der Waals surface area contributed by atoms with Crippen LogP contribution in [0.2, 0.25) is 0 Å². The predicted octanol–water partition coefficient (Wildman–Crippen LogP) is 4.62. The molecule has 8 nitrogen and oxygen atoms in total. The Morgan fingerprint density at radius 3 is 2.29 bits per heavy atom. The molecule has 1 aromatic heterocycles. The van der Waals surface area contributed by atoms with E-state index in [1.54, 1.807) is 60.1 Å². The van der Waals surface area contributed by atoms with E-state index >= 15 is 0 Å². The van der Waals surface area contributed by atoms with Gasteiger partial charge in [0.2, 0.25) is 5.91 Å². The van der Waals surface area contributed by atoms with Gasteiger partial charge < -0.3 is 14.6 Å². The Hall–Kier alpha value is -3.63. The molecule has 4 rings (SSSR count). The molecule has 3 aromatic carbocycles. The number of carbonyl (C=O) groups is 1. The number of benzene rings is 3. The monoisotopic (exact) mass is 508 g/mol. The van der Waals surface area contributed by atoms with Gasteiger partial charge in [0.25, 0.3) is 0 Å². The van der Waals surface area contributed by atoms with E-state index in [2.05, 4.69) is 15.5 Å². The fourth-order valence-electron chi connectivity index (χ4n) is 3.15. The molecule has 0 unspecified atom stereocenters. The molecule has 0 aliphatic rings. The van der Waals surface area contributed by atoms with Crippen molar-refractivity contribution in [1.29, 1.82) is 0 Å². The zero-order valence-corrected chi connectivity index (χ0v) is 20.8. The van der Waals surface area contributed by atoms with E-state index in [1.807, 2.05) is 37.3 Å². The van der Waals surface area contributed by atoms with Gasteiger partial charge in [0.05, 0.1) is 10.6 Å². The molecule has 0 atom stereocenters. The molecule has 1 amide bonds. The average molecular weight is 509 g/mol. The number of rotatable bonds is 9. The predicted molar refractivity (Wildman–Crippen MR) is 135 cm³/mol. The topological polar surface area (TPSA) is 103 Å². The third kappa shape index (κ3) is 6.49. The van der Waals surface area contributed by atoms with Gasteiger partial charge in [0.1, 0.15) is 23.1 Å². The first-order valence-corrected chi connectivity index (χ1v) is 13.4. The van der Waals surface area contributed by atoms with E-state index in [0.717, 1.165) is 11.3 Å². The van der Waals surface area contributed by atoms with Crippen LogP contribution < -0.4 is 10.1 Å². The molecule has 0 aliphatic heterocycles. The van der Waals surface area contributed by atoms with Crippen molar-refractivity contribution in [2.45, 2.75) is 22.7 Å². The zero-order valence-electron chi connectivity index (χ0n) is 19.2. The van der Waals surface area contributed by atoms with E-state index < -0.39 is 9.84 Å². The first kappa shape index (κ1) is 24.5. The summed E-state index contributed by atoms with van der Waals surface area (Å²) in [5, 5.41) is 11.4. The second kappa shape index (κ2) is 10.7. The molecule has 35 heavy (non-hydrogen) atoms. The van der Waals surface area contributed by atoms with Crippen LogP contribution in [0.4, 0.5) is 5.69 Å². The molecule has 1 N–H and O–H groups in total. The number of aryl methyl sites for hydroxylation is 1. The molecule has 0 saturated heterocycles. The Morgan fingerprint density at radius 2 is 1.60 bits per heavy atom. The molecule has 0 radical (unpaired) electrons. The van der Waals surface area contributed by atoms with E-state index in [1.165, 1.54) is 11.8 Å². The van der Waals surface area contributed by atoms with E-state index in [0.29, 0.717) is 22.4 Å². The molecule has 180 valence electrons. The minimum Gasteiger partial charge on any atom is -0.457 e. The fraction of sp³-hybridized carbons (Fsp3) is 0.160. The zero-order chi connectivity index (χ0) is 24.8. The Balaban J connectivity index is 1.31. The van der Waals surface area contributed by atoms with Gasteiger partial charge in [-0.3, -0.25) is 4.79 Å². The maximum absolute atomic E-state index is 12.7. The number of nitrogens with one attached hydrogen (secondary N) is 1. The quantitative estimate of drug-likeness (QED) is 0.329. The van der Waals surface area contributed by atoms with Crippen LogP contribution in [-0.2, 0) is 27.4 Å². The smallest absolute Gasteiger partial charge is 0.234 e. The van der Waals surface area contributed by atoms with Gasteiger partial charge in [-0.2, -0.15) is 0 Å². The lowest BCUT2D eigenvalue weighted by molar-refractivity contribution is -0.113. The van der Waals surface area contributed by atoms with Crippen LogP contribution in [0.3, 0.4) is 0 Å². The van der Waals surface area contributed by atoms with Gasteiger partial charge in [-0.15, -0.1) is 10.2 Å². The highest BCUT2D eigenvalue weighted by Crippen LogP contribution is 2.24. The summed E-state index contributed by atoms with van der Waals surface area (Å²) < 4.78 is 32.8. The summed E-state index contributed by atoms with van der Waals surface area (Å²) >= 11 is 1.18. The lowest BCUT2D eigenvalue weighted by Crippen LogP contribution is -2.14. The number of thioether (sulfide) groups is 1. The number of ether oxygens (including phenoxy) is 1. The molecule has 0 bridgehead atoms. The van der Waals surface area contributed by atoms with Gasteiger partial charge in [-0.1, -0.05) is 47.7 Å². The minimum absolute atomic E-state index is 0.0962. The SMILES string of the molecule is Cc1ccc(S(=O)(=O)Cc2nnc(SCC(=O)Nc3ccc(Oc4ccccc4)cc3)n2C)cc1. The third-order valence-electron chi connectivity index (χ3n) is 5.07. The summed E-state index contributed by atoms with van der Waals surface area (Å²) in [6.45, 7) is 1.90. The Morgan fingerprint density at radius 1 is 0.943 bits per heavy atom. The van der Waals surface area contributed by atoms with Crippen LogP contribution in [0.25, 0.3) is 0 Å². The maximum atomic E-state index is 12.7. The van der Waals surface area contributed by atoms with Crippen LogP contribution in [0.1, 0.15) is 11.4 Å². The number of amides is 1. The number of anilines is 1. The average Bonchev–Trinajstić information content (AvgIpc) is 3.18. The van der Waals surface area contributed by atoms with E-state index in [-0.39, 0.29) is 22.3 Å². The van der Waals surface area contributed by atoms with Crippen molar-refractivity contribution in [2.24, 2.45) is 7.05 Å². The summed E-state index contributed by atoms with van der Waals surface area (Å²) in [4.78, 5) is 12.6. The number of hydrogen-bond donors (Lipinski definition) is 1. The normalized spacial score (nSPS) is 11.3. The van der Waals surface area contributed by atoms with E-state index in [9.17, 15) is 13.2 Å². The minimum atomic E-state index is -3.56. The Kier molecular flexibility index (Phi) is 7.52. The Bertz CT molecular complexity index is 1400. The number of aromatic nitrogens is 3. The van der Waals surface area contributed by atoms with Crippen molar-refractivity contribution in [3.63, 3.8) is 0 Å². The molecular formula is C25H24N4O4S2. The highest BCUT2D eigenvalue weighted by Gasteiger charge is 2.20. The van der Waals surface area contributed by atoms with Crippen molar-refractivity contribution in [1.82, 2.24) is 14.8 Å². The van der Waals surface area contributed by atoms with Crippen molar-refractivity contribution >= 4 is 33.2 Å². The van der Waals surface area contributed by atoms with Crippen molar-refractivity contribution < 1.29 is 17.9 Å². The number of hydrogen-bond acceptors (Lipinski definition) is 7. The van der Waals surface area contributed by atoms with Crippen molar-refractivity contribution in [2.75, 3.05) is 11.1 Å². The summed E-state index contributed by atoms with van der Waals surface area (Å²) in [7, 11) is -1.87. The van der Waals surface area contributed by atoms with Crippen LogP contribution in [0.15, 0.2) is 88.9 Å². The molecule has 0 saturated carbocycles. The third-order valence-corrected chi connectivity index (χ3v) is 7.72. The second-order valence-electron chi connectivity index (χ2n) is 7.81. The number of sulfone groups is 1. The lowest BCUT2D eigenvalue weighted by atomic mass is 10.2. The highest BCUT2D eigenvalue weighted by molar-refractivity contribution is 7.99. The summed E-state index contributed by atoms with van der Waals surface area (Å²) in [6.07, 6.45) is 0. The summed E-state index contributed by atoms with van der Waals surface area (Å²) in [5.41, 5.74) is 1.62. The molecule has 0 fully saturated rings. The van der Waals surface area contributed by atoms with Gasteiger partial charge in [-0.05, 0) is 55.5 Å². The molecule has 10 heteroatoms. The first-order valence-electron chi connectivity index (χ1n) is 10.7. The second-order valence-corrected chi connectivity index (χ2v) is 10.7. The standard InChI is InChI=1S/C25H24N4O4S2/c1-18-8-14-22(15-9-18)35(31,32)17-23-27-28-25(29(23)2)34-16-24(30)26-19-10-12-21(13-11-19)33-20-6-4-3-5-7-20/h3-15H,16-17H2,1-2H3,(H,26,30). The Labute approximate surface area is 208 Å². The lowest BCUT2D eigenvalue weighted by Gasteiger charge is -2.08. The van der Waals surface area contributed by atoms with Crippen LogP contribution in [0, 0.1) is 6.92 Å². The number of nitrogens with zero attached hydrogens (tertiary/aromatic N) is 3. The fourth-order valence-corrected chi connectivity index (χ4v) is 5.19. The molecule has 1 heterocycles. The van der Waals surface area contributed by atoms with Crippen LogP contribution in [-0.4, -0.2) is 34.8 Å². The van der Waals surface area contributed by atoms with Crippen molar-refractivity contribution in [3.05, 3.63) is 90.3 Å². The van der Waals surface area contributed by atoms with Crippen LogP contribution in [0.5, 0.6) is 11.5 Å². The van der Waals surface area contributed by atoms with Crippen LogP contribution >= 0.6 is 11.8 Å². The van der Waals surface area contributed by atoms with E-state index in [4.69, 9.17) is 4.74 Å². The van der Waals surface area contributed by atoms with Gasteiger partial charge in [-0.25, -0.2) is 8.42 Å². The largest absolute Gasteiger partial charge is 0.457 e. The molecule has 0 aliphatic carbocycles. The summed E-state index contributed by atoms with van der Waals surface area (Å²) in [6, 6.07) is 23.2. The maximum Gasteiger partial charge on any atom is 0.234 e. The number of carbonyl (C=O) groups excluding carboxylic acids is 1. The first-order chi connectivity index (χ1) is 16.8. The van der Waals surface area contributed by atoms with Gasteiger partial charge in [0, 0.05) is 12.7 Å². The summed E-state index contributed by atoms with van der Waals surface area (Å²) in [5.74, 6) is 1.31. The van der Waals surface area contributed by atoms with Gasteiger partial charge >= 0.3 is 0 Å².